The maximum Gasteiger partial charge on any atom is 0.303 e. The summed E-state index contributed by atoms with van der Waals surface area (Å²) in [5.41, 5.74) is 6.93. The summed E-state index contributed by atoms with van der Waals surface area (Å²) in [6.45, 7) is 1.77. The zero-order chi connectivity index (χ0) is 15.1. The Bertz CT molecular complexity index is 526. The number of aryl methyl sites for hydroxylation is 1. The number of amides is 2. The lowest BCUT2D eigenvalue weighted by Gasteiger charge is -2.09. The van der Waals surface area contributed by atoms with Gasteiger partial charge in [-0.15, -0.1) is 0 Å². The number of carbonyl (C=O) groups is 3. The van der Waals surface area contributed by atoms with E-state index in [0.29, 0.717) is 24.1 Å². The highest BCUT2D eigenvalue weighted by Gasteiger charge is 2.08. The van der Waals surface area contributed by atoms with Crippen molar-refractivity contribution in [1.29, 1.82) is 0 Å². The van der Waals surface area contributed by atoms with Gasteiger partial charge in [0.25, 0.3) is 0 Å². The molecule has 0 aromatic heterocycles. The van der Waals surface area contributed by atoms with Crippen molar-refractivity contribution in [2.24, 2.45) is 5.73 Å². The van der Waals surface area contributed by atoms with Crippen molar-refractivity contribution in [3.8, 4) is 0 Å². The molecular formula is C14H18N2O4. The van der Waals surface area contributed by atoms with Crippen LogP contribution in [0.15, 0.2) is 18.2 Å². The normalized spacial score (nSPS) is 10.1. The summed E-state index contributed by atoms with van der Waals surface area (Å²) in [5, 5.41) is 11.2. The molecule has 0 bridgehead atoms. The first-order valence-corrected chi connectivity index (χ1v) is 6.32. The second kappa shape index (κ2) is 7.28. The van der Waals surface area contributed by atoms with Gasteiger partial charge in [0.15, 0.2) is 0 Å². The number of primary amides is 1. The molecule has 1 aromatic rings. The highest BCUT2D eigenvalue weighted by Crippen LogP contribution is 2.17. The Morgan fingerprint density at radius 2 is 1.85 bits per heavy atom. The molecule has 0 aliphatic carbocycles. The van der Waals surface area contributed by atoms with Crippen LogP contribution in [-0.2, 0) is 9.59 Å². The van der Waals surface area contributed by atoms with Crippen molar-refractivity contribution in [3.05, 3.63) is 29.3 Å². The lowest BCUT2D eigenvalue weighted by Crippen LogP contribution is -2.14. The van der Waals surface area contributed by atoms with E-state index in [1.54, 1.807) is 25.1 Å². The molecule has 20 heavy (non-hydrogen) atoms. The lowest BCUT2D eigenvalue weighted by atomic mass is 10.1. The number of nitrogens with one attached hydrogen (secondary N) is 1. The Morgan fingerprint density at radius 1 is 1.20 bits per heavy atom. The van der Waals surface area contributed by atoms with Crippen LogP contribution in [0.1, 0.15) is 41.6 Å². The number of hydrogen-bond acceptors (Lipinski definition) is 3. The average Bonchev–Trinajstić information content (AvgIpc) is 2.36. The summed E-state index contributed by atoms with van der Waals surface area (Å²) >= 11 is 0. The van der Waals surface area contributed by atoms with Gasteiger partial charge in [-0.2, -0.15) is 0 Å². The average molecular weight is 278 g/mol. The van der Waals surface area contributed by atoms with E-state index in [1.165, 1.54) is 0 Å². The van der Waals surface area contributed by atoms with Gasteiger partial charge < -0.3 is 16.2 Å². The van der Waals surface area contributed by atoms with Crippen molar-refractivity contribution in [2.45, 2.75) is 32.6 Å². The molecule has 6 nitrogen and oxygen atoms in total. The summed E-state index contributed by atoms with van der Waals surface area (Å²) in [6.07, 6.45) is 1.34. The van der Waals surface area contributed by atoms with Gasteiger partial charge in [0.1, 0.15) is 0 Å². The van der Waals surface area contributed by atoms with Gasteiger partial charge in [0, 0.05) is 24.1 Å². The number of unbranched alkanes of at least 4 members (excludes halogenated alkanes) is 1. The Hall–Kier alpha value is -2.37. The van der Waals surface area contributed by atoms with E-state index in [2.05, 4.69) is 5.32 Å². The molecule has 0 atom stereocenters. The van der Waals surface area contributed by atoms with Gasteiger partial charge in [-0.25, -0.2) is 0 Å². The van der Waals surface area contributed by atoms with Gasteiger partial charge in [-0.05, 0) is 43.5 Å². The van der Waals surface area contributed by atoms with Crippen molar-refractivity contribution in [1.82, 2.24) is 0 Å². The number of rotatable bonds is 7. The Morgan fingerprint density at radius 3 is 2.40 bits per heavy atom. The van der Waals surface area contributed by atoms with Crippen LogP contribution in [0.5, 0.6) is 0 Å². The molecule has 0 saturated heterocycles. The third kappa shape index (κ3) is 5.09. The molecule has 1 aromatic carbocycles. The van der Waals surface area contributed by atoms with E-state index in [9.17, 15) is 14.4 Å². The second-order valence-electron chi connectivity index (χ2n) is 4.54. The second-order valence-corrected chi connectivity index (χ2v) is 4.54. The molecule has 2 amide bonds. The molecule has 108 valence electrons. The minimum atomic E-state index is -0.858. The molecule has 4 N–H and O–H groups in total. The van der Waals surface area contributed by atoms with Crippen molar-refractivity contribution < 1.29 is 19.5 Å². The standard InChI is InChI=1S/C14H18N2O4/c1-9-8-10(14(15)20)6-7-11(9)16-12(17)4-2-3-5-13(18)19/h6-8H,2-5H2,1H3,(H2,15,20)(H,16,17)(H,18,19). The first kappa shape index (κ1) is 15.7. The maximum absolute atomic E-state index is 11.7. The molecule has 0 saturated carbocycles. The fraction of sp³-hybridized carbons (Fsp3) is 0.357. The summed E-state index contributed by atoms with van der Waals surface area (Å²) in [5.74, 6) is -1.55. The van der Waals surface area contributed by atoms with E-state index in [1.807, 2.05) is 0 Å². The number of benzene rings is 1. The monoisotopic (exact) mass is 278 g/mol. The molecule has 0 aliphatic heterocycles. The SMILES string of the molecule is Cc1cc(C(N)=O)ccc1NC(=O)CCCCC(=O)O. The number of aliphatic carboxylic acids is 1. The van der Waals surface area contributed by atoms with Gasteiger partial charge >= 0.3 is 5.97 Å². The highest BCUT2D eigenvalue weighted by atomic mass is 16.4. The Kier molecular flexibility index (Phi) is 5.71. The first-order valence-electron chi connectivity index (χ1n) is 6.32. The minimum Gasteiger partial charge on any atom is -0.481 e. The number of hydrogen-bond donors (Lipinski definition) is 3. The lowest BCUT2D eigenvalue weighted by molar-refractivity contribution is -0.137. The predicted octanol–water partition coefficient (Wildman–Crippen LogP) is 1.68. The smallest absolute Gasteiger partial charge is 0.303 e. The van der Waals surface area contributed by atoms with Crippen LogP contribution in [0.3, 0.4) is 0 Å². The number of carbonyl (C=O) groups excluding carboxylic acids is 2. The number of carboxylic acid groups (broad SMARTS) is 1. The third-order valence-corrected chi connectivity index (χ3v) is 2.83. The molecule has 0 aliphatic rings. The predicted molar refractivity (Wildman–Crippen MR) is 74.4 cm³/mol. The van der Waals surface area contributed by atoms with Crippen molar-refractivity contribution in [2.75, 3.05) is 5.32 Å². The minimum absolute atomic E-state index is 0.0691. The van der Waals surface area contributed by atoms with Gasteiger partial charge in [-0.1, -0.05) is 0 Å². The summed E-state index contributed by atoms with van der Waals surface area (Å²) in [4.78, 5) is 33.0. The fourth-order valence-corrected chi connectivity index (χ4v) is 1.73. The van der Waals surface area contributed by atoms with Crippen LogP contribution in [0.4, 0.5) is 5.69 Å². The summed E-state index contributed by atoms with van der Waals surface area (Å²) < 4.78 is 0. The van der Waals surface area contributed by atoms with Crippen LogP contribution < -0.4 is 11.1 Å². The van der Waals surface area contributed by atoms with Crippen LogP contribution >= 0.6 is 0 Å². The van der Waals surface area contributed by atoms with E-state index in [4.69, 9.17) is 10.8 Å². The molecule has 0 unspecified atom stereocenters. The molecule has 0 spiro atoms. The molecular weight excluding hydrogens is 260 g/mol. The van der Waals surface area contributed by atoms with E-state index >= 15 is 0 Å². The number of nitrogens with two attached hydrogens (primary N) is 1. The molecule has 0 heterocycles. The quantitative estimate of drug-likeness (QED) is 0.659. The Balaban J connectivity index is 2.50. The van der Waals surface area contributed by atoms with Crippen LogP contribution in [-0.4, -0.2) is 22.9 Å². The van der Waals surface area contributed by atoms with E-state index in [0.717, 1.165) is 5.56 Å². The summed E-state index contributed by atoms with van der Waals surface area (Å²) in [7, 11) is 0. The van der Waals surface area contributed by atoms with Crippen LogP contribution in [0.2, 0.25) is 0 Å². The molecule has 0 radical (unpaired) electrons. The highest BCUT2D eigenvalue weighted by molar-refractivity contribution is 5.95. The van der Waals surface area contributed by atoms with Crippen LogP contribution in [0, 0.1) is 6.92 Å². The number of anilines is 1. The zero-order valence-corrected chi connectivity index (χ0v) is 11.3. The van der Waals surface area contributed by atoms with E-state index in [-0.39, 0.29) is 18.7 Å². The van der Waals surface area contributed by atoms with Crippen LogP contribution in [0.25, 0.3) is 0 Å². The molecule has 6 heteroatoms. The summed E-state index contributed by atoms with van der Waals surface area (Å²) in [6, 6.07) is 4.79. The maximum atomic E-state index is 11.7. The van der Waals surface area contributed by atoms with Gasteiger partial charge in [0.2, 0.25) is 11.8 Å². The topological polar surface area (TPSA) is 109 Å². The Labute approximate surface area is 117 Å². The van der Waals surface area contributed by atoms with Gasteiger partial charge in [-0.3, -0.25) is 14.4 Å². The fourth-order valence-electron chi connectivity index (χ4n) is 1.73. The van der Waals surface area contributed by atoms with E-state index < -0.39 is 11.9 Å². The third-order valence-electron chi connectivity index (χ3n) is 2.83. The zero-order valence-electron chi connectivity index (χ0n) is 11.3. The number of carboxylic acids is 1. The van der Waals surface area contributed by atoms with Gasteiger partial charge in [0.05, 0.1) is 0 Å². The molecule has 0 fully saturated rings. The molecule has 1 rings (SSSR count). The van der Waals surface area contributed by atoms with Crippen molar-refractivity contribution >= 4 is 23.5 Å². The van der Waals surface area contributed by atoms with Crippen molar-refractivity contribution in [3.63, 3.8) is 0 Å². The largest absolute Gasteiger partial charge is 0.481 e. The first-order chi connectivity index (χ1) is 9.40.